The van der Waals surface area contributed by atoms with Crippen molar-refractivity contribution >= 4 is 11.3 Å². The van der Waals surface area contributed by atoms with Gasteiger partial charge in [0.05, 0.1) is 10.7 Å². The second-order valence-electron chi connectivity index (χ2n) is 5.90. The molecule has 0 spiro atoms. The molecule has 2 heterocycles. The monoisotopic (exact) mass is 278 g/mol. The van der Waals surface area contributed by atoms with Gasteiger partial charge in [-0.3, -0.25) is 5.10 Å². The van der Waals surface area contributed by atoms with E-state index in [0.29, 0.717) is 6.04 Å². The van der Waals surface area contributed by atoms with Crippen LogP contribution in [0.25, 0.3) is 0 Å². The van der Waals surface area contributed by atoms with Crippen LogP contribution in [-0.4, -0.2) is 15.2 Å². The standard InChI is InChI=1S/C14H22N4S/c1-9(15-8-11-6-7-16-18-11)12-10(2)17-13(19-12)14(3,4)5/h6-7,9,15H,8H2,1-5H3,(H,16,18). The highest BCUT2D eigenvalue weighted by atomic mass is 32.1. The predicted molar refractivity (Wildman–Crippen MR) is 79.4 cm³/mol. The van der Waals surface area contributed by atoms with Crippen LogP contribution in [0.5, 0.6) is 0 Å². The molecule has 0 amide bonds. The molecule has 2 N–H and O–H groups in total. The van der Waals surface area contributed by atoms with Gasteiger partial charge in [0.2, 0.25) is 0 Å². The first-order valence-electron chi connectivity index (χ1n) is 6.57. The van der Waals surface area contributed by atoms with Crippen molar-refractivity contribution in [2.24, 2.45) is 0 Å². The van der Waals surface area contributed by atoms with E-state index in [4.69, 9.17) is 4.98 Å². The van der Waals surface area contributed by atoms with Gasteiger partial charge in [-0.05, 0) is 19.9 Å². The minimum atomic E-state index is 0.122. The van der Waals surface area contributed by atoms with Crippen LogP contribution in [-0.2, 0) is 12.0 Å². The first-order valence-corrected chi connectivity index (χ1v) is 7.39. The topological polar surface area (TPSA) is 53.6 Å². The summed E-state index contributed by atoms with van der Waals surface area (Å²) < 4.78 is 0. The molecule has 5 heteroatoms. The van der Waals surface area contributed by atoms with E-state index in [9.17, 15) is 0 Å². The summed E-state index contributed by atoms with van der Waals surface area (Å²) in [6.45, 7) is 11.7. The van der Waals surface area contributed by atoms with Crippen molar-refractivity contribution < 1.29 is 0 Å². The number of thiazole rings is 1. The summed E-state index contributed by atoms with van der Waals surface area (Å²) in [5.74, 6) is 0. The Kier molecular flexibility index (Phi) is 4.06. The Morgan fingerprint density at radius 2 is 2.16 bits per heavy atom. The molecule has 2 rings (SSSR count). The smallest absolute Gasteiger partial charge is 0.0985 e. The van der Waals surface area contributed by atoms with Gasteiger partial charge in [-0.1, -0.05) is 20.8 Å². The van der Waals surface area contributed by atoms with Gasteiger partial charge in [-0.2, -0.15) is 5.10 Å². The van der Waals surface area contributed by atoms with Gasteiger partial charge in [0.25, 0.3) is 0 Å². The Morgan fingerprint density at radius 3 is 2.68 bits per heavy atom. The fourth-order valence-corrected chi connectivity index (χ4v) is 3.02. The number of hydrogen-bond donors (Lipinski definition) is 2. The lowest BCUT2D eigenvalue weighted by Crippen LogP contribution is -2.18. The van der Waals surface area contributed by atoms with Crippen molar-refractivity contribution in [3.05, 3.63) is 33.5 Å². The molecule has 0 fully saturated rings. The van der Waals surface area contributed by atoms with Crippen molar-refractivity contribution in [1.29, 1.82) is 0 Å². The molecule has 0 aromatic carbocycles. The number of aromatic nitrogens is 3. The van der Waals surface area contributed by atoms with Crippen LogP contribution < -0.4 is 5.32 Å². The maximum atomic E-state index is 4.71. The highest BCUT2D eigenvalue weighted by Crippen LogP contribution is 2.32. The minimum absolute atomic E-state index is 0.122. The zero-order chi connectivity index (χ0) is 14.0. The summed E-state index contributed by atoms with van der Waals surface area (Å²) in [6.07, 6.45) is 1.78. The fourth-order valence-electron chi connectivity index (χ4n) is 1.87. The molecule has 4 nitrogen and oxygen atoms in total. The highest BCUT2D eigenvalue weighted by Gasteiger charge is 2.22. The third-order valence-electron chi connectivity index (χ3n) is 3.02. The molecular formula is C14H22N4S. The average Bonchev–Trinajstić information content (AvgIpc) is 2.93. The van der Waals surface area contributed by atoms with Crippen LogP contribution in [0.3, 0.4) is 0 Å². The highest BCUT2D eigenvalue weighted by molar-refractivity contribution is 7.12. The number of nitrogens with zero attached hydrogens (tertiary/aromatic N) is 2. The molecule has 104 valence electrons. The Bertz CT molecular complexity index is 522. The SMILES string of the molecule is Cc1nc(C(C)(C)C)sc1C(C)NCc1ccn[nH]1. The van der Waals surface area contributed by atoms with Gasteiger partial charge in [0.15, 0.2) is 0 Å². The van der Waals surface area contributed by atoms with E-state index in [1.165, 1.54) is 9.88 Å². The number of aromatic amines is 1. The van der Waals surface area contributed by atoms with E-state index in [1.807, 2.05) is 17.4 Å². The summed E-state index contributed by atoms with van der Waals surface area (Å²) in [5.41, 5.74) is 2.36. The quantitative estimate of drug-likeness (QED) is 0.902. The summed E-state index contributed by atoms with van der Waals surface area (Å²) in [5, 5.41) is 11.6. The van der Waals surface area contributed by atoms with Crippen molar-refractivity contribution in [3.63, 3.8) is 0 Å². The summed E-state index contributed by atoms with van der Waals surface area (Å²) in [6, 6.07) is 2.29. The van der Waals surface area contributed by atoms with Crippen LogP contribution in [0.2, 0.25) is 0 Å². The summed E-state index contributed by atoms with van der Waals surface area (Å²) in [7, 11) is 0. The minimum Gasteiger partial charge on any atom is -0.304 e. The van der Waals surface area contributed by atoms with E-state index < -0.39 is 0 Å². The molecule has 1 atom stereocenters. The van der Waals surface area contributed by atoms with E-state index in [0.717, 1.165) is 17.9 Å². The zero-order valence-electron chi connectivity index (χ0n) is 12.2. The largest absolute Gasteiger partial charge is 0.304 e. The first kappa shape index (κ1) is 14.2. The number of hydrogen-bond acceptors (Lipinski definition) is 4. The second kappa shape index (κ2) is 5.43. The Balaban J connectivity index is 2.06. The molecule has 0 radical (unpaired) electrons. The maximum absolute atomic E-state index is 4.71. The molecule has 0 aliphatic carbocycles. The molecular weight excluding hydrogens is 256 g/mol. The van der Waals surface area contributed by atoms with Gasteiger partial charge in [-0.15, -0.1) is 11.3 Å². The molecule has 0 aliphatic rings. The lowest BCUT2D eigenvalue weighted by molar-refractivity contribution is 0.570. The average molecular weight is 278 g/mol. The molecule has 19 heavy (non-hydrogen) atoms. The van der Waals surface area contributed by atoms with Gasteiger partial charge in [-0.25, -0.2) is 4.98 Å². The van der Waals surface area contributed by atoms with E-state index in [-0.39, 0.29) is 5.41 Å². The lowest BCUT2D eigenvalue weighted by Gasteiger charge is -2.14. The van der Waals surface area contributed by atoms with Crippen LogP contribution in [0.4, 0.5) is 0 Å². The number of nitrogens with one attached hydrogen (secondary N) is 2. The van der Waals surface area contributed by atoms with Gasteiger partial charge < -0.3 is 5.32 Å². The molecule has 1 unspecified atom stereocenters. The zero-order valence-corrected chi connectivity index (χ0v) is 13.1. The van der Waals surface area contributed by atoms with Crippen LogP contribution >= 0.6 is 11.3 Å². The summed E-state index contributed by atoms with van der Waals surface area (Å²) >= 11 is 1.81. The predicted octanol–water partition coefficient (Wildman–Crippen LogP) is 3.32. The van der Waals surface area contributed by atoms with Gasteiger partial charge in [0.1, 0.15) is 0 Å². The molecule has 0 aliphatic heterocycles. The number of rotatable bonds is 4. The Hall–Kier alpha value is -1.20. The fraction of sp³-hybridized carbons (Fsp3) is 0.571. The third-order valence-corrected chi connectivity index (χ3v) is 4.79. The van der Waals surface area contributed by atoms with Crippen LogP contribution in [0, 0.1) is 6.92 Å². The van der Waals surface area contributed by atoms with Crippen molar-refractivity contribution in [2.45, 2.75) is 52.6 Å². The number of aryl methyl sites for hydroxylation is 1. The van der Waals surface area contributed by atoms with Crippen molar-refractivity contribution in [1.82, 2.24) is 20.5 Å². The molecule has 0 saturated carbocycles. The number of H-pyrrole nitrogens is 1. The van der Waals surface area contributed by atoms with Gasteiger partial charge in [0, 0.05) is 34.8 Å². The van der Waals surface area contributed by atoms with E-state index in [2.05, 4.69) is 50.1 Å². The Labute approximate surface area is 118 Å². The van der Waals surface area contributed by atoms with Crippen molar-refractivity contribution in [2.75, 3.05) is 0 Å². The molecule has 2 aromatic heterocycles. The third kappa shape index (κ3) is 3.42. The lowest BCUT2D eigenvalue weighted by atomic mass is 9.98. The Morgan fingerprint density at radius 1 is 1.42 bits per heavy atom. The molecule has 0 saturated heterocycles. The first-order chi connectivity index (χ1) is 8.88. The summed E-state index contributed by atoms with van der Waals surface area (Å²) in [4.78, 5) is 6.03. The van der Waals surface area contributed by atoms with Gasteiger partial charge >= 0.3 is 0 Å². The van der Waals surface area contributed by atoms with E-state index >= 15 is 0 Å². The van der Waals surface area contributed by atoms with Crippen molar-refractivity contribution in [3.8, 4) is 0 Å². The van der Waals surface area contributed by atoms with Crippen LogP contribution in [0.1, 0.15) is 55.0 Å². The normalized spacial score (nSPS) is 13.7. The molecule has 2 aromatic rings. The maximum Gasteiger partial charge on any atom is 0.0985 e. The van der Waals surface area contributed by atoms with E-state index in [1.54, 1.807) is 6.20 Å². The molecule has 0 bridgehead atoms. The van der Waals surface area contributed by atoms with Crippen LogP contribution in [0.15, 0.2) is 12.3 Å². The second-order valence-corrected chi connectivity index (χ2v) is 6.93.